The molecule has 0 bridgehead atoms. The van der Waals surface area contributed by atoms with Gasteiger partial charge in [-0.25, -0.2) is 0 Å². The predicted molar refractivity (Wildman–Crippen MR) is 233 cm³/mol. The van der Waals surface area contributed by atoms with E-state index in [1.165, 1.54) is 70.6 Å². The summed E-state index contributed by atoms with van der Waals surface area (Å²) in [6, 6.07) is 0. The minimum absolute atomic E-state index is 0.0872. The average molecular weight is 769 g/mol. The normalized spacial score (nSPS) is 12.6. The molecular weight excluding hydrogens is 685 g/mol. The lowest BCUT2D eigenvalue weighted by molar-refractivity contribution is -0.167. The summed E-state index contributed by atoms with van der Waals surface area (Å²) in [5.41, 5.74) is 0. The van der Waals surface area contributed by atoms with E-state index in [0.29, 0.717) is 19.3 Å². The van der Waals surface area contributed by atoms with Crippen LogP contribution in [0.2, 0.25) is 0 Å². The van der Waals surface area contributed by atoms with Gasteiger partial charge in [0.25, 0.3) is 0 Å². The summed E-state index contributed by atoms with van der Waals surface area (Å²) in [5, 5.41) is 0. The Bertz CT molecular complexity index is 1020. The highest BCUT2D eigenvalue weighted by Crippen LogP contribution is 2.13. The number of allylic oxidation sites excluding steroid dienone is 10. The number of hydrogen-bond donors (Lipinski definition) is 0. The third-order valence-corrected chi connectivity index (χ3v) is 9.51. The summed E-state index contributed by atoms with van der Waals surface area (Å²) >= 11 is 0. The van der Waals surface area contributed by atoms with Crippen molar-refractivity contribution in [1.82, 2.24) is 0 Å². The lowest BCUT2D eigenvalue weighted by Gasteiger charge is -2.18. The number of rotatable bonds is 40. The van der Waals surface area contributed by atoms with Gasteiger partial charge in [-0.15, -0.1) is 0 Å². The number of esters is 3. The van der Waals surface area contributed by atoms with Crippen molar-refractivity contribution in [2.24, 2.45) is 0 Å². The van der Waals surface area contributed by atoms with Gasteiger partial charge in [-0.1, -0.05) is 171 Å². The van der Waals surface area contributed by atoms with Crippen molar-refractivity contribution >= 4 is 17.9 Å². The second-order valence-corrected chi connectivity index (χ2v) is 14.9. The Balaban J connectivity index is 4.42. The highest BCUT2D eigenvalue weighted by atomic mass is 16.6. The molecule has 0 aliphatic rings. The Hall–Kier alpha value is -2.89. The molecule has 0 radical (unpaired) electrons. The second-order valence-electron chi connectivity index (χ2n) is 14.9. The van der Waals surface area contributed by atoms with E-state index in [1.807, 2.05) is 0 Å². The smallest absolute Gasteiger partial charge is 0.306 e. The summed E-state index contributed by atoms with van der Waals surface area (Å²) in [4.78, 5) is 37.7. The first-order valence-electron chi connectivity index (χ1n) is 22.8. The molecule has 6 nitrogen and oxygen atoms in total. The van der Waals surface area contributed by atoms with Crippen LogP contribution in [0.15, 0.2) is 60.8 Å². The molecule has 0 N–H and O–H groups in total. The van der Waals surface area contributed by atoms with Crippen molar-refractivity contribution in [2.75, 3.05) is 13.2 Å². The van der Waals surface area contributed by atoms with Gasteiger partial charge in [-0.3, -0.25) is 14.4 Å². The molecule has 1 unspecified atom stereocenters. The molecule has 0 heterocycles. The topological polar surface area (TPSA) is 78.9 Å². The maximum Gasteiger partial charge on any atom is 0.306 e. The van der Waals surface area contributed by atoms with Gasteiger partial charge in [-0.05, 0) is 83.5 Å². The van der Waals surface area contributed by atoms with Gasteiger partial charge in [0.05, 0.1) is 0 Å². The molecule has 0 fully saturated rings. The van der Waals surface area contributed by atoms with Crippen LogP contribution in [0.1, 0.15) is 213 Å². The van der Waals surface area contributed by atoms with E-state index in [9.17, 15) is 14.4 Å². The standard InChI is InChI=1S/C49H84O6/c1-4-7-10-13-16-19-21-23-24-25-26-28-30-33-36-39-42-48(51)54-45-46(44-53-47(50)41-38-35-32-29-18-15-12-9-6-3)55-49(52)43-40-37-34-31-27-22-20-17-14-11-8-5-2/h7,10,16-17,19-20,23-24,26,28,46H,4-6,8-9,11-15,18,21-22,25,27,29-45H2,1-3H3/b10-7-,19-16-,20-17-,24-23-,28-26-. The summed E-state index contributed by atoms with van der Waals surface area (Å²) in [6.45, 7) is 6.43. The van der Waals surface area contributed by atoms with Gasteiger partial charge >= 0.3 is 17.9 Å². The molecule has 0 aliphatic carbocycles. The molecule has 0 aliphatic heterocycles. The van der Waals surface area contributed by atoms with E-state index >= 15 is 0 Å². The zero-order valence-electron chi connectivity index (χ0n) is 35.9. The van der Waals surface area contributed by atoms with Crippen LogP contribution in [-0.2, 0) is 28.6 Å². The van der Waals surface area contributed by atoms with Crippen LogP contribution in [0.25, 0.3) is 0 Å². The lowest BCUT2D eigenvalue weighted by Crippen LogP contribution is -2.30. The zero-order chi connectivity index (χ0) is 40.1. The first-order valence-corrected chi connectivity index (χ1v) is 22.8. The van der Waals surface area contributed by atoms with Crippen molar-refractivity contribution < 1.29 is 28.6 Å². The van der Waals surface area contributed by atoms with Crippen LogP contribution in [0.3, 0.4) is 0 Å². The molecule has 1 atom stereocenters. The highest BCUT2D eigenvalue weighted by Gasteiger charge is 2.19. The van der Waals surface area contributed by atoms with Gasteiger partial charge in [-0.2, -0.15) is 0 Å². The van der Waals surface area contributed by atoms with Crippen molar-refractivity contribution in [1.29, 1.82) is 0 Å². The number of carbonyl (C=O) groups excluding carboxylic acids is 3. The zero-order valence-corrected chi connectivity index (χ0v) is 35.9. The Morgan fingerprint density at radius 2 is 0.709 bits per heavy atom. The molecule has 6 heteroatoms. The molecular formula is C49H84O6. The largest absolute Gasteiger partial charge is 0.462 e. The van der Waals surface area contributed by atoms with E-state index in [2.05, 4.69) is 81.5 Å². The van der Waals surface area contributed by atoms with Crippen LogP contribution >= 0.6 is 0 Å². The SMILES string of the molecule is CC/C=C\C/C=C\C/C=C\C/C=C\CCCCCC(=O)OCC(COC(=O)CCCCCCCCCCC)OC(=O)CCCCCCC/C=C\CCCCC. The number of carbonyl (C=O) groups is 3. The van der Waals surface area contributed by atoms with Gasteiger partial charge in [0, 0.05) is 19.3 Å². The summed E-state index contributed by atoms with van der Waals surface area (Å²) in [5.74, 6) is -0.935. The van der Waals surface area contributed by atoms with E-state index in [-0.39, 0.29) is 31.1 Å². The molecule has 0 aromatic heterocycles. The highest BCUT2D eigenvalue weighted by molar-refractivity contribution is 5.71. The fourth-order valence-electron chi connectivity index (χ4n) is 6.07. The molecule has 0 saturated heterocycles. The van der Waals surface area contributed by atoms with Crippen LogP contribution in [-0.4, -0.2) is 37.2 Å². The fraction of sp³-hybridized carbons (Fsp3) is 0.735. The average Bonchev–Trinajstić information content (AvgIpc) is 3.18. The second kappa shape index (κ2) is 43.8. The minimum atomic E-state index is -0.786. The maximum atomic E-state index is 12.7. The first-order chi connectivity index (χ1) is 27.0. The van der Waals surface area contributed by atoms with Gasteiger partial charge in [0.15, 0.2) is 6.10 Å². The first kappa shape index (κ1) is 52.1. The Kier molecular flexibility index (Phi) is 41.5. The Morgan fingerprint density at radius 1 is 0.382 bits per heavy atom. The Morgan fingerprint density at radius 3 is 1.18 bits per heavy atom. The van der Waals surface area contributed by atoms with Crippen molar-refractivity contribution in [3.8, 4) is 0 Å². The monoisotopic (exact) mass is 769 g/mol. The van der Waals surface area contributed by atoms with Crippen molar-refractivity contribution in [3.05, 3.63) is 60.8 Å². The summed E-state index contributed by atoms with van der Waals surface area (Å²) in [6.07, 6.45) is 52.0. The molecule has 316 valence electrons. The fourth-order valence-corrected chi connectivity index (χ4v) is 6.07. The summed E-state index contributed by atoms with van der Waals surface area (Å²) < 4.78 is 16.7. The molecule has 0 spiro atoms. The molecule has 0 aromatic carbocycles. The van der Waals surface area contributed by atoms with E-state index in [1.54, 1.807) is 0 Å². The number of hydrogen-bond acceptors (Lipinski definition) is 6. The van der Waals surface area contributed by atoms with E-state index < -0.39 is 6.10 Å². The maximum absolute atomic E-state index is 12.7. The molecule has 55 heavy (non-hydrogen) atoms. The van der Waals surface area contributed by atoms with E-state index in [4.69, 9.17) is 14.2 Å². The van der Waals surface area contributed by atoms with Crippen LogP contribution < -0.4 is 0 Å². The van der Waals surface area contributed by atoms with Gasteiger partial charge < -0.3 is 14.2 Å². The van der Waals surface area contributed by atoms with Gasteiger partial charge in [0.2, 0.25) is 0 Å². The molecule has 0 amide bonds. The van der Waals surface area contributed by atoms with Crippen molar-refractivity contribution in [3.63, 3.8) is 0 Å². The molecule has 0 saturated carbocycles. The number of unbranched alkanes of at least 4 members (excludes halogenated alkanes) is 19. The van der Waals surface area contributed by atoms with Crippen LogP contribution in [0, 0.1) is 0 Å². The molecule has 0 aromatic rings. The van der Waals surface area contributed by atoms with Crippen LogP contribution in [0.4, 0.5) is 0 Å². The lowest BCUT2D eigenvalue weighted by atomic mass is 10.1. The Labute approximate surface area is 339 Å². The quantitative estimate of drug-likeness (QED) is 0.0267. The van der Waals surface area contributed by atoms with Crippen LogP contribution in [0.5, 0.6) is 0 Å². The molecule has 0 rings (SSSR count). The van der Waals surface area contributed by atoms with Gasteiger partial charge in [0.1, 0.15) is 13.2 Å². The predicted octanol–water partition coefficient (Wildman–Crippen LogP) is 14.5. The van der Waals surface area contributed by atoms with Crippen molar-refractivity contribution in [2.45, 2.75) is 219 Å². The summed E-state index contributed by atoms with van der Waals surface area (Å²) in [7, 11) is 0. The third-order valence-electron chi connectivity index (χ3n) is 9.51. The number of ether oxygens (including phenoxy) is 3. The third kappa shape index (κ3) is 42.1. The van der Waals surface area contributed by atoms with E-state index in [0.717, 1.165) is 103 Å². The minimum Gasteiger partial charge on any atom is -0.462 e.